The quantitative estimate of drug-likeness (QED) is 0.907. The molecule has 0 atom stereocenters. The van der Waals surface area contributed by atoms with Crippen molar-refractivity contribution in [1.82, 2.24) is 0 Å². The molecule has 0 heterocycles. The van der Waals surface area contributed by atoms with Crippen LogP contribution in [-0.2, 0) is 10.0 Å². The number of nitrogens with zero attached hydrogens (tertiary/aromatic N) is 1. The summed E-state index contributed by atoms with van der Waals surface area (Å²) in [5.41, 5.74) is 1.44. The van der Waals surface area contributed by atoms with E-state index in [0.29, 0.717) is 12.1 Å². The van der Waals surface area contributed by atoms with Gasteiger partial charge in [0.1, 0.15) is 0 Å². The molecular formula is C11H17BrN2O2S. The van der Waals surface area contributed by atoms with E-state index in [2.05, 4.69) is 20.7 Å². The van der Waals surface area contributed by atoms with Crippen molar-refractivity contribution in [3.05, 3.63) is 22.7 Å². The van der Waals surface area contributed by atoms with E-state index in [1.54, 1.807) is 6.07 Å². The first-order valence-corrected chi connectivity index (χ1v) is 7.77. The normalized spacial score (nSPS) is 11.3. The zero-order chi connectivity index (χ0) is 13.1. The molecule has 1 rings (SSSR count). The minimum Gasteiger partial charge on any atom is -0.376 e. The highest BCUT2D eigenvalue weighted by Crippen LogP contribution is 2.28. The van der Waals surface area contributed by atoms with Gasteiger partial charge in [0, 0.05) is 18.6 Å². The summed E-state index contributed by atoms with van der Waals surface area (Å²) >= 11 is 3.34. The molecule has 6 heteroatoms. The number of benzene rings is 1. The number of sulfonamides is 1. The first kappa shape index (κ1) is 14.3. The summed E-state index contributed by atoms with van der Waals surface area (Å²) in [7, 11) is 0.497. The molecule has 0 radical (unpaired) electrons. The summed E-state index contributed by atoms with van der Waals surface area (Å²) < 4.78 is 26.9. The first-order valence-electron chi connectivity index (χ1n) is 5.33. The predicted molar refractivity (Wildman–Crippen MR) is 76.2 cm³/mol. The van der Waals surface area contributed by atoms with Crippen molar-refractivity contribution in [1.29, 1.82) is 0 Å². The molecule has 0 unspecified atom stereocenters. The van der Waals surface area contributed by atoms with Gasteiger partial charge < -0.3 is 4.90 Å². The number of nitrogens with one attached hydrogen (secondary N) is 1. The van der Waals surface area contributed by atoms with Crippen molar-refractivity contribution in [3.8, 4) is 0 Å². The van der Waals surface area contributed by atoms with Gasteiger partial charge in [0.15, 0.2) is 0 Å². The van der Waals surface area contributed by atoms with Crippen LogP contribution in [0.4, 0.5) is 11.4 Å². The second-order valence-electron chi connectivity index (χ2n) is 3.98. The van der Waals surface area contributed by atoms with Crippen molar-refractivity contribution in [2.24, 2.45) is 0 Å². The summed E-state index contributed by atoms with van der Waals surface area (Å²) in [5, 5.41) is 0. The highest BCUT2D eigenvalue weighted by molar-refractivity contribution is 9.10. The molecule has 0 amide bonds. The van der Waals surface area contributed by atoms with Gasteiger partial charge in [-0.1, -0.05) is 22.9 Å². The number of hydrogen-bond donors (Lipinski definition) is 1. The van der Waals surface area contributed by atoms with Crippen molar-refractivity contribution in [2.45, 2.75) is 13.3 Å². The van der Waals surface area contributed by atoms with Crippen molar-refractivity contribution < 1.29 is 8.42 Å². The van der Waals surface area contributed by atoms with Gasteiger partial charge in [-0.15, -0.1) is 0 Å². The predicted octanol–water partition coefficient (Wildman–Crippen LogP) is 2.67. The van der Waals surface area contributed by atoms with E-state index in [4.69, 9.17) is 0 Å². The third-order valence-corrected chi connectivity index (χ3v) is 4.15. The molecule has 0 aliphatic rings. The Hall–Kier alpha value is -0.750. The number of rotatable bonds is 5. The molecule has 0 aromatic heterocycles. The maximum atomic E-state index is 11.7. The molecule has 0 bridgehead atoms. The summed E-state index contributed by atoms with van der Waals surface area (Å²) in [4.78, 5) is 1.87. The van der Waals surface area contributed by atoms with Crippen molar-refractivity contribution in [2.75, 3.05) is 29.5 Å². The zero-order valence-electron chi connectivity index (χ0n) is 10.2. The maximum Gasteiger partial charge on any atom is 0.232 e. The van der Waals surface area contributed by atoms with Gasteiger partial charge in [-0.25, -0.2) is 8.42 Å². The highest BCUT2D eigenvalue weighted by Gasteiger charge is 2.13. The maximum absolute atomic E-state index is 11.7. The SMILES string of the molecule is CCCS(=O)(=O)Nc1cc(Br)ccc1N(C)C. The van der Waals surface area contributed by atoms with Crippen LogP contribution in [-0.4, -0.2) is 28.3 Å². The summed E-state index contributed by atoms with van der Waals surface area (Å²) in [6.07, 6.45) is 0.598. The monoisotopic (exact) mass is 320 g/mol. The Balaban J connectivity index is 3.08. The molecule has 0 aliphatic carbocycles. The third kappa shape index (κ3) is 4.20. The van der Waals surface area contributed by atoms with Crippen LogP contribution in [0.15, 0.2) is 22.7 Å². The van der Waals surface area contributed by atoms with Gasteiger partial charge in [-0.2, -0.15) is 0 Å². The lowest BCUT2D eigenvalue weighted by Crippen LogP contribution is -2.19. The van der Waals surface area contributed by atoms with Gasteiger partial charge in [-0.3, -0.25) is 4.72 Å². The summed E-state index contributed by atoms with van der Waals surface area (Å²) in [5.74, 6) is 0.131. The van der Waals surface area contributed by atoms with Crippen LogP contribution >= 0.6 is 15.9 Å². The van der Waals surface area contributed by atoms with Crippen LogP contribution in [0.5, 0.6) is 0 Å². The van der Waals surface area contributed by atoms with Crippen LogP contribution < -0.4 is 9.62 Å². The molecule has 0 spiro atoms. The molecule has 1 N–H and O–H groups in total. The van der Waals surface area contributed by atoms with Crippen molar-refractivity contribution in [3.63, 3.8) is 0 Å². The van der Waals surface area contributed by atoms with E-state index in [1.807, 2.05) is 38.1 Å². The van der Waals surface area contributed by atoms with E-state index >= 15 is 0 Å². The lowest BCUT2D eigenvalue weighted by molar-refractivity contribution is 0.600. The Bertz CT molecular complexity index is 486. The van der Waals surface area contributed by atoms with Gasteiger partial charge in [0.05, 0.1) is 17.1 Å². The van der Waals surface area contributed by atoms with E-state index in [9.17, 15) is 8.42 Å². The number of halogens is 1. The van der Waals surface area contributed by atoms with Crippen LogP contribution in [0.1, 0.15) is 13.3 Å². The molecule has 17 heavy (non-hydrogen) atoms. The van der Waals surface area contributed by atoms with Crippen LogP contribution in [0, 0.1) is 0 Å². The molecule has 1 aromatic rings. The molecule has 96 valence electrons. The largest absolute Gasteiger partial charge is 0.376 e. The lowest BCUT2D eigenvalue weighted by atomic mass is 10.2. The molecular weight excluding hydrogens is 304 g/mol. The number of hydrogen-bond acceptors (Lipinski definition) is 3. The summed E-state index contributed by atoms with van der Waals surface area (Å²) in [6.45, 7) is 1.84. The second-order valence-corrected chi connectivity index (χ2v) is 6.73. The molecule has 4 nitrogen and oxygen atoms in total. The lowest BCUT2D eigenvalue weighted by Gasteiger charge is -2.18. The smallest absolute Gasteiger partial charge is 0.232 e. The topological polar surface area (TPSA) is 49.4 Å². The van der Waals surface area contributed by atoms with E-state index in [-0.39, 0.29) is 5.75 Å². The van der Waals surface area contributed by atoms with E-state index < -0.39 is 10.0 Å². The van der Waals surface area contributed by atoms with Gasteiger partial charge >= 0.3 is 0 Å². The van der Waals surface area contributed by atoms with E-state index in [1.165, 1.54) is 0 Å². The van der Waals surface area contributed by atoms with Crippen LogP contribution in [0.2, 0.25) is 0 Å². The molecule has 0 saturated heterocycles. The van der Waals surface area contributed by atoms with Gasteiger partial charge in [-0.05, 0) is 24.6 Å². The second kappa shape index (κ2) is 5.73. The van der Waals surface area contributed by atoms with Gasteiger partial charge in [0.25, 0.3) is 0 Å². The minimum atomic E-state index is -3.25. The Kier molecular flexibility index (Phi) is 4.82. The fraction of sp³-hybridized carbons (Fsp3) is 0.455. The Morgan fingerprint density at radius 2 is 2.00 bits per heavy atom. The molecule has 1 aromatic carbocycles. The van der Waals surface area contributed by atoms with Crippen LogP contribution in [0.25, 0.3) is 0 Å². The zero-order valence-corrected chi connectivity index (χ0v) is 12.6. The molecule has 0 saturated carbocycles. The summed E-state index contributed by atoms with van der Waals surface area (Å²) in [6, 6.07) is 5.52. The Labute approximate surface area is 111 Å². The van der Waals surface area contributed by atoms with Crippen LogP contribution in [0.3, 0.4) is 0 Å². The fourth-order valence-corrected chi connectivity index (χ4v) is 2.97. The number of anilines is 2. The van der Waals surface area contributed by atoms with Gasteiger partial charge in [0.2, 0.25) is 10.0 Å². The first-order chi connectivity index (χ1) is 7.85. The fourth-order valence-electron chi connectivity index (χ4n) is 1.47. The van der Waals surface area contributed by atoms with E-state index in [0.717, 1.165) is 10.2 Å². The van der Waals surface area contributed by atoms with Crippen molar-refractivity contribution >= 4 is 37.3 Å². The Morgan fingerprint density at radius 3 is 2.53 bits per heavy atom. The molecule has 0 fully saturated rings. The average molecular weight is 321 g/mol. The molecule has 0 aliphatic heterocycles. The third-order valence-electron chi connectivity index (χ3n) is 2.18. The minimum absolute atomic E-state index is 0.131. The Morgan fingerprint density at radius 1 is 1.35 bits per heavy atom. The standard InChI is InChI=1S/C11H17BrN2O2S/c1-4-7-17(15,16)13-10-8-9(12)5-6-11(10)14(2)3/h5-6,8,13H,4,7H2,1-3H3. The average Bonchev–Trinajstić information content (AvgIpc) is 2.15. The highest BCUT2D eigenvalue weighted by atomic mass is 79.9.